The summed E-state index contributed by atoms with van der Waals surface area (Å²) >= 11 is 0. The van der Waals surface area contributed by atoms with Crippen molar-refractivity contribution < 1.29 is 13.9 Å². The van der Waals surface area contributed by atoms with Crippen LogP contribution in [0.4, 0.5) is 10.3 Å². The summed E-state index contributed by atoms with van der Waals surface area (Å²) in [7, 11) is 0. The van der Waals surface area contributed by atoms with Gasteiger partial charge >= 0.3 is 0 Å². The molecule has 1 aromatic heterocycles. The van der Waals surface area contributed by atoms with Crippen molar-refractivity contribution in [1.29, 1.82) is 0 Å². The molecule has 2 aliphatic heterocycles. The zero-order chi connectivity index (χ0) is 15.8. The van der Waals surface area contributed by atoms with E-state index in [4.69, 9.17) is 15.2 Å². The molecule has 0 saturated carbocycles. The van der Waals surface area contributed by atoms with E-state index in [1.807, 2.05) is 6.07 Å². The minimum Gasteiger partial charge on any atom is -0.371 e. The molecule has 3 heterocycles. The summed E-state index contributed by atoms with van der Waals surface area (Å²) in [5.74, 6) is 0.168. The lowest BCUT2D eigenvalue weighted by molar-refractivity contribution is 0.0698. The molecular weight excluding hydrogens is 299 g/mol. The lowest BCUT2D eigenvalue weighted by Gasteiger charge is -2.17. The zero-order valence-corrected chi connectivity index (χ0v) is 12.4. The molecule has 7 heteroatoms. The number of halogens is 1. The number of benzene rings is 1. The molecule has 4 rings (SSSR count). The molecule has 0 radical (unpaired) electrons. The number of anilines is 1. The maximum Gasteiger partial charge on any atom is 0.223 e. The van der Waals surface area contributed by atoms with Crippen LogP contribution in [-0.2, 0) is 9.47 Å². The molecule has 2 aromatic rings. The van der Waals surface area contributed by atoms with E-state index < -0.39 is 0 Å². The SMILES string of the molecule is N[C@H]1CO[C@H]2[C@H]1OC[C@H]2Nc1nccc(-c2cccc(F)c2)n1. The Kier molecular flexibility index (Phi) is 3.68. The highest BCUT2D eigenvalue weighted by molar-refractivity contribution is 5.59. The topological polar surface area (TPSA) is 82.3 Å². The van der Waals surface area contributed by atoms with Crippen LogP contribution in [0.25, 0.3) is 11.3 Å². The second-order valence-electron chi connectivity index (χ2n) is 5.79. The molecule has 0 unspecified atom stereocenters. The van der Waals surface area contributed by atoms with Gasteiger partial charge in [0.1, 0.15) is 18.0 Å². The summed E-state index contributed by atoms with van der Waals surface area (Å²) < 4.78 is 24.7. The molecule has 4 atom stereocenters. The van der Waals surface area contributed by atoms with Crippen molar-refractivity contribution in [3.05, 3.63) is 42.3 Å². The van der Waals surface area contributed by atoms with E-state index in [2.05, 4.69) is 15.3 Å². The van der Waals surface area contributed by atoms with Crippen LogP contribution < -0.4 is 11.1 Å². The van der Waals surface area contributed by atoms with E-state index in [-0.39, 0.29) is 30.1 Å². The first-order valence-corrected chi connectivity index (χ1v) is 7.55. The summed E-state index contributed by atoms with van der Waals surface area (Å²) in [4.78, 5) is 8.68. The van der Waals surface area contributed by atoms with Gasteiger partial charge in [-0.2, -0.15) is 0 Å². The second kappa shape index (κ2) is 5.84. The van der Waals surface area contributed by atoms with Crippen molar-refractivity contribution >= 4 is 5.95 Å². The monoisotopic (exact) mass is 316 g/mol. The van der Waals surface area contributed by atoms with Gasteiger partial charge in [0.15, 0.2) is 0 Å². The Morgan fingerprint density at radius 1 is 1.17 bits per heavy atom. The molecule has 0 bridgehead atoms. The molecular formula is C16H17FN4O2. The molecule has 2 fully saturated rings. The molecule has 1 aromatic carbocycles. The Hall–Kier alpha value is -2.09. The number of hydrogen-bond acceptors (Lipinski definition) is 6. The average Bonchev–Trinajstić information content (AvgIpc) is 3.12. The van der Waals surface area contributed by atoms with Crippen LogP contribution in [0.15, 0.2) is 36.5 Å². The quantitative estimate of drug-likeness (QED) is 0.885. The molecule has 23 heavy (non-hydrogen) atoms. The van der Waals surface area contributed by atoms with Gasteiger partial charge in [-0.05, 0) is 18.2 Å². The minimum atomic E-state index is -0.295. The van der Waals surface area contributed by atoms with E-state index in [0.717, 1.165) is 0 Å². The first-order valence-electron chi connectivity index (χ1n) is 7.55. The summed E-state index contributed by atoms with van der Waals surface area (Å²) in [6.45, 7) is 0.994. The van der Waals surface area contributed by atoms with Gasteiger partial charge in [-0.3, -0.25) is 0 Å². The lowest BCUT2D eigenvalue weighted by Crippen LogP contribution is -2.39. The van der Waals surface area contributed by atoms with Gasteiger partial charge in [0.2, 0.25) is 5.95 Å². The van der Waals surface area contributed by atoms with E-state index in [1.54, 1.807) is 18.3 Å². The fourth-order valence-electron chi connectivity index (χ4n) is 3.06. The predicted octanol–water partition coefficient (Wildman–Crippen LogP) is 1.19. The Labute approximate surface area is 132 Å². The number of nitrogens with zero attached hydrogens (tertiary/aromatic N) is 2. The molecule has 120 valence electrons. The number of nitrogens with two attached hydrogens (primary N) is 1. The van der Waals surface area contributed by atoms with Crippen LogP contribution in [0, 0.1) is 5.82 Å². The smallest absolute Gasteiger partial charge is 0.223 e. The van der Waals surface area contributed by atoms with Crippen molar-refractivity contribution in [2.75, 3.05) is 18.5 Å². The largest absolute Gasteiger partial charge is 0.371 e. The summed E-state index contributed by atoms with van der Waals surface area (Å²) in [5, 5.41) is 3.24. The highest BCUT2D eigenvalue weighted by Gasteiger charge is 2.46. The van der Waals surface area contributed by atoms with Crippen molar-refractivity contribution in [1.82, 2.24) is 9.97 Å². The number of nitrogens with one attached hydrogen (secondary N) is 1. The fourth-order valence-corrected chi connectivity index (χ4v) is 3.06. The van der Waals surface area contributed by atoms with Crippen LogP contribution in [0.3, 0.4) is 0 Å². The first kappa shape index (κ1) is 14.5. The Morgan fingerprint density at radius 3 is 2.91 bits per heavy atom. The van der Waals surface area contributed by atoms with Gasteiger partial charge in [0.25, 0.3) is 0 Å². The van der Waals surface area contributed by atoms with E-state index in [0.29, 0.717) is 30.4 Å². The fraction of sp³-hybridized carbons (Fsp3) is 0.375. The van der Waals surface area contributed by atoms with Crippen LogP contribution in [0.1, 0.15) is 0 Å². The van der Waals surface area contributed by atoms with E-state index >= 15 is 0 Å². The van der Waals surface area contributed by atoms with E-state index in [9.17, 15) is 4.39 Å². The average molecular weight is 316 g/mol. The molecule has 0 spiro atoms. The number of fused-ring (bicyclic) bond motifs is 1. The second-order valence-corrected chi connectivity index (χ2v) is 5.79. The highest BCUT2D eigenvalue weighted by Crippen LogP contribution is 2.28. The first-order chi connectivity index (χ1) is 11.2. The van der Waals surface area contributed by atoms with Gasteiger partial charge < -0.3 is 20.5 Å². The molecule has 2 aliphatic rings. The van der Waals surface area contributed by atoms with Crippen molar-refractivity contribution in [3.63, 3.8) is 0 Å². The molecule has 0 amide bonds. The van der Waals surface area contributed by atoms with Gasteiger partial charge in [0.05, 0.1) is 31.0 Å². The molecule has 6 nitrogen and oxygen atoms in total. The number of aromatic nitrogens is 2. The zero-order valence-electron chi connectivity index (χ0n) is 12.4. The number of hydrogen-bond donors (Lipinski definition) is 2. The molecule has 0 aliphatic carbocycles. The third kappa shape index (κ3) is 2.78. The third-order valence-corrected chi connectivity index (χ3v) is 4.18. The maximum atomic E-state index is 13.4. The van der Waals surface area contributed by atoms with Crippen LogP contribution in [0.5, 0.6) is 0 Å². The predicted molar refractivity (Wildman–Crippen MR) is 82.3 cm³/mol. The van der Waals surface area contributed by atoms with E-state index in [1.165, 1.54) is 12.1 Å². The van der Waals surface area contributed by atoms with Crippen LogP contribution in [-0.4, -0.2) is 47.5 Å². The summed E-state index contributed by atoms with van der Waals surface area (Å²) in [5.41, 5.74) is 7.30. The van der Waals surface area contributed by atoms with Crippen molar-refractivity contribution in [2.45, 2.75) is 24.3 Å². The third-order valence-electron chi connectivity index (χ3n) is 4.18. The van der Waals surface area contributed by atoms with Crippen LogP contribution in [0.2, 0.25) is 0 Å². The summed E-state index contributed by atoms with van der Waals surface area (Å²) in [6.07, 6.45) is 1.47. The minimum absolute atomic E-state index is 0.0451. The number of rotatable bonds is 3. The maximum absolute atomic E-state index is 13.4. The Balaban J connectivity index is 1.53. The van der Waals surface area contributed by atoms with Crippen molar-refractivity contribution in [2.24, 2.45) is 5.73 Å². The molecule has 2 saturated heterocycles. The van der Waals surface area contributed by atoms with Crippen LogP contribution >= 0.6 is 0 Å². The van der Waals surface area contributed by atoms with Gasteiger partial charge in [0, 0.05) is 11.8 Å². The van der Waals surface area contributed by atoms with Crippen molar-refractivity contribution in [3.8, 4) is 11.3 Å². The van der Waals surface area contributed by atoms with Gasteiger partial charge in [-0.15, -0.1) is 0 Å². The highest BCUT2D eigenvalue weighted by atomic mass is 19.1. The number of ether oxygens (including phenoxy) is 2. The summed E-state index contributed by atoms with van der Waals surface area (Å²) in [6, 6.07) is 7.92. The standard InChI is InChI=1S/C16H17FN4O2/c17-10-3-1-2-9(6-10)12-4-5-19-16(20-12)21-13-8-23-14-11(18)7-22-15(13)14/h1-6,11,13-15H,7-8,18H2,(H,19,20,21)/t11-,13+,14-,15+/m0/s1. The molecule has 3 N–H and O–H groups in total. The Bertz CT molecular complexity index is 714. The lowest BCUT2D eigenvalue weighted by atomic mass is 10.1. The Morgan fingerprint density at radius 2 is 2.04 bits per heavy atom. The van der Waals surface area contributed by atoms with Gasteiger partial charge in [-0.25, -0.2) is 14.4 Å². The van der Waals surface area contributed by atoms with Gasteiger partial charge in [-0.1, -0.05) is 12.1 Å². The normalized spacial score (nSPS) is 29.5.